The summed E-state index contributed by atoms with van der Waals surface area (Å²) in [5.74, 6) is -1.44. The van der Waals surface area contributed by atoms with E-state index in [9.17, 15) is 14.4 Å². The lowest BCUT2D eigenvalue weighted by molar-refractivity contribution is -0.145. The SMILES string of the molecule is O=C(NCCN1CCOCC1)C(=O)N1CCCC1C(=O)c1ccc(Cl)cc1. The van der Waals surface area contributed by atoms with Gasteiger partial charge in [0.05, 0.1) is 19.3 Å². The van der Waals surface area contributed by atoms with E-state index in [-0.39, 0.29) is 5.78 Å². The zero-order valence-electron chi connectivity index (χ0n) is 15.2. The van der Waals surface area contributed by atoms with Gasteiger partial charge in [0.25, 0.3) is 0 Å². The Kier molecular flexibility index (Phi) is 6.82. The first-order chi connectivity index (χ1) is 13.1. The first-order valence-electron chi connectivity index (χ1n) is 9.25. The summed E-state index contributed by atoms with van der Waals surface area (Å²) in [4.78, 5) is 41.1. The summed E-state index contributed by atoms with van der Waals surface area (Å²) < 4.78 is 5.28. The first kappa shape index (κ1) is 19.8. The molecule has 0 aromatic heterocycles. The van der Waals surface area contributed by atoms with E-state index in [1.807, 2.05) is 0 Å². The predicted molar refractivity (Wildman–Crippen MR) is 101 cm³/mol. The summed E-state index contributed by atoms with van der Waals surface area (Å²) in [6.07, 6.45) is 1.27. The van der Waals surface area contributed by atoms with E-state index >= 15 is 0 Å². The highest BCUT2D eigenvalue weighted by atomic mass is 35.5. The van der Waals surface area contributed by atoms with Crippen LogP contribution in [0.25, 0.3) is 0 Å². The molecule has 1 aromatic carbocycles. The van der Waals surface area contributed by atoms with Gasteiger partial charge in [0, 0.05) is 43.3 Å². The van der Waals surface area contributed by atoms with Crippen LogP contribution in [0.2, 0.25) is 5.02 Å². The monoisotopic (exact) mass is 393 g/mol. The Morgan fingerprint density at radius 1 is 1.11 bits per heavy atom. The quantitative estimate of drug-likeness (QED) is 0.595. The zero-order chi connectivity index (χ0) is 19.2. The van der Waals surface area contributed by atoms with E-state index < -0.39 is 17.9 Å². The van der Waals surface area contributed by atoms with Crippen LogP contribution in [0.15, 0.2) is 24.3 Å². The number of halogens is 1. The second-order valence-corrected chi connectivity index (χ2v) is 7.17. The van der Waals surface area contributed by atoms with Crippen molar-refractivity contribution in [1.29, 1.82) is 0 Å². The van der Waals surface area contributed by atoms with Gasteiger partial charge in [-0.05, 0) is 37.1 Å². The number of rotatable bonds is 5. The van der Waals surface area contributed by atoms with Gasteiger partial charge in [-0.15, -0.1) is 0 Å². The number of ketones is 1. The Morgan fingerprint density at radius 2 is 1.81 bits per heavy atom. The maximum Gasteiger partial charge on any atom is 0.312 e. The van der Waals surface area contributed by atoms with Gasteiger partial charge in [-0.3, -0.25) is 19.3 Å². The number of nitrogens with zero attached hydrogens (tertiary/aromatic N) is 2. The van der Waals surface area contributed by atoms with Crippen LogP contribution in [-0.2, 0) is 14.3 Å². The third-order valence-corrected chi connectivity index (χ3v) is 5.21. The first-order valence-corrected chi connectivity index (χ1v) is 9.63. The van der Waals surface area contributed by atoms with E-state index in [4.69, 9.17) is 16.3 Å². The minimum atomic E-state index is -0.654. The van der Waals surface area contributed by atoms with Gasteiger partial charge in [-0.25, -0.2) is 0 Å². The fourth-order valence-electron chi connectivity index (χ4n) is 3.45. The number of likely N-dealkylation sites (tertiary alicyclic amines) is 1. The van der Waals surface area contributed by atoms with Crippen molar-refractivity contribution in [2.45, 2.75) is 18.9 Å². The third-order valence-electron chi connectivity index (χ3n) is 4.96. The van der Waals surface area contributed by atoms with Crippen LogP contribution in [0.3, 0.4) is 0 Å². The molecule has 1 atom stereocenters. The van der Waals surface area contributed by atoms with Crippen molar-refractivity contribution >= 4 is 29.2 Å². The average Bonchev–Trinajstić information content (AvgIpc) is 3.18. The van der Waals surface area contributed by atoms with Crippen molar-refractivity contribution in [3.63, 3.8) is 0 Å². The van der Waals surface area contributed by atoms with Gasteiger partial charge in [0.15, 0.2) is 5.78 Å². The van der Waals surface area contributed by atoms with Crippen LogP contribution >= 0.6 is 11.6 Å². The lowest BCUT2D eigenvalue weighted by atomic mass is 10.0. The molecule has 7 nitrogen and oxygen atoms in total. The second kappa shape index (κ2) is 9.30. The molecule has 0 bridgehead atoms. The Labute approximate surface area is 163 Å². The topological polar surface area (TPSA) is 79.0 Å². The molecule has 2 amide bonds. The van der Waals surface area contributed by atoms with Crippen LogP contribution in [0.5, 0.6) is 0 Å². The Balaban J connectivity index is 1.53. The van der Waals surface area contributed by atoms with Crippen molar-refractivity contribution in [2.75, 3.05) is 45.9 Å². The largest absolute Gasteiger partial charge is 0.379 e. The van der Waals surface area contributed by atoms with Gasteiger partial charge in [0.1, 0.15) is 0 Å². The molecule has 0 radical (unpaired) electrons. The second-order valence-electron chi connectivity index (χ2n) is 6.74. The van der Waals surface area contributed by atoms with E-state index in [1.165, 1.54) is 4.90 Å². The number of carbonyl (C=O) groups is 3. The molecule has 27 heavy (non-hydrogen) atoms. The lowest BCUT2D eigenvalue weighted by Gasteiger charge is -2.27. The summed E-state index contributed by atoms with van der Waals surface area (Å²) in [5.41, 5.74) is 0.497. The number of amides is 2. The molecular weight excluding hydrogens is 370 g/mol. The number of carbonyl (C=O) groups excluding carboxylic acids is 3. The summed E-state index contributed by atoms with van der Waals surface area (Å²) in [7, 11) is 0. The summed E-state index contributed by atoms with van der Waals surface area (Å²) in [6, 6.07) is 5.99. The van der Waals surface area contributed by atoms with Crippen LogP contribution in [0, 0.1) is 0 Å². The molecule has 8 heteroatoms. The van der Waals surface area contributed by atoms with Gasteiger partial charge >= 0.3 is 11.8 Å². The molecule has 1 unspecified atom stereocenters. The van der Waals surface area contributed by atoms with E-state index in [2.05, 4.69) is 10.2 Å². The molecule has 2 heterocycles. The summed E-state index contributed by atoms with van der Waals surface area (Å²) >= 11 is 5.86. The highest BCUT2D eigenvalue weighted by Gasteiger charge is 2.37. The molecular formula is C19H24ClN3O4. The maximum absolute atomic E-state index is 12.7. The molecule has 0 saturated carbocycles. The molecule has 0 spiro atoms. The molecule has 1 aromatic rings. The maximum atomic E-state index is 12.7. The lowest BCUT2D eigenvalue weighted by Crippen LogP contribution is -2.49. The van der Waals surface area contributed by atoms with Crippen LogP contribution in [0.1, 0.15) is 23.2 Å². The number of hydrogen-bond acceptors (Lipinski definition) is 5. The van der Waals surface area contributed by atoms with E-state index in [0.29, 0.717) is 56.3 Å². The molecule has 0 aliphatic carbocycles. The van der Waals surface area contributed by atoms with Crippen molar-refractivity contribution in [1.82, 2.24) is 15.1 Å². The van der Waals surface area contributed by atoms with Gasteiger partial charge in [0.2, 0.25) is 0 Å². The fourth-order valence-corrected chi connectivity index (χ4v) is 3.57. The van der Waals surface area contributed by atoms with Crippen LogP contribution in [0.4, 0.5) is 0 Å². The Morgan fingerprint density at radius 3 is 2.52 bits per heavy atom. The number of nitrogens with one attached hydrogen (secondary N) is 1. The summed E-state index contributed by atoms with van der Waals surface area (Å²) in [5, 5.41) is 3.22. The van der Waals surface area contributed by atoms with E-state index in [0.717, 1.165) is 13.1 Å². The minimum Gasteiger partial charge on any atom is -0.379 e. The summed E-state index contributed by atoms with van der Waals surface area (Å²) in [6.45, 7) is 4.52. The van der Waals surface area contributed by atoms with Gasteiger partial charge in [-0.1, -0.05) is 11.6 Å². The minimum absolute atomic E-state index is 0.154. The standard InChI is InChI=1S/C19H24ClN3O4/c20-15-5-3-14(4-6-15)17(24)16-2-1-8-23(16)19(26)18(25)21-7-9-22-10-12-27-13-11-22/h3-6,16H,1-2,7-13H2,(H,21,25). The smallest absolute Gasteiger partial charge is 0.312 e. The highest BCUT2D eigenvalue weighted by molar-refractivity contribution is 6.35. The number of benzene rings is 1. The number of ether oxygens (including phenoxy) is 1. The predicted octanol–water partition coefficient (Wildman–Crippen LogP) is 0.962. The highest BCUT2D eigenvalue weighted by Crippen LogP contribution is 2.22. The zero-order valence-corrected chi connectivity index (χ0v) is 15.9. The fraction of sp³-hybridized carbons (Fsp3) is 0.526. The molecule has 146 valence electrons. The van der Waals surface area contributed by atoms with Crippen molar-refractivity contribution in [2.24, 2.45) is 0 Å². The molecule has 1 N–H and O–H groups in total. The van der Waals surface area contributed by atoms with Crippen molar-refractivity contribution in [3.05, 3.63) is 34.9 Å². The van der Waals surface area contributed by atoms with Crippen molar-refractivity contribution in [3.8, 4) is 0 Å². The van der Waals surface area contributed by atoms with Crippen molar-refractivity contribution < 1.29 is 19.1 Å². The number of hydrogen-bond donors (Lipinski definition) is 1. The van der Waals surface area contributed by atoms with Gasteiger partial charge in [-0.2, -0.15) is 0 Å². The Bertz CT molecular complexity index is 689. The Hall–Kier alpha value is -1.96. The van der Waals surface area contributed by atoms with E-state index in [1.54, 1.807) is 24.3 Å². The molecule has 2 fully saturated rings. The third kappa shape index (κ3) is 5.06. The molecule has 2 aliphatic heterocycles. The molecule has 3 rings (SSSR count). The van der Waals surface area contributed by atoms with Crippen LogP contribution in [-0.4, -0.2) is 79.4 Å². The molecule has 2 saturated heterocycles. The van der Waals surface area contributed by atoms with Crippen LogP contribution < -0.4 is 5.32 Å². The average molecular weight is 394 g/mol. The number of morpholine rings is 1. The van der Waals surface area contributed by atoms with Gasteiger partial charge < -0.3 is 15.0 Å². The number of Topliss-reactive ketones (excluding diaryl/α,β-unsaturated/α-hetero) is 1. The normalized spacial score (nSPS) is 20.5. The molecule has 2 aliphatic rings.